The van der Waals surface area contributed by atoms with Crippen LogP contribution in [0.1, 0.15) is 305 Å². The number of esters is 4. The molecule has 0 aromatic rings. The Bertz CT molecular complexity index is 1760. The Kier molecular flexibility index (Phi) is 56.3. The average Bonchev–Trinajstić information content (AvgIpc) is 3.54. The summed E-state index contributed by atoms with van der Waals surface area (Å²) in [6.07, 6.45) is 44.1. The molecule has 0 aliphatic rings. The lowest BCUT2D eigenvalue weighted by Gasteiger charge is -2.21. The summed E-state index contributed by atoms with van der Waals surface area (Å²) < 4.78 is 67.9. The molecule has 0 saturated carbocycles. The second kappa shape index (κ2) is 57.9. The third-order valence-electron chi connectivity index (χ3n) is 14.9. The van der Waals surface area contributed by atoms with Crippen LogP contribution in [-0.2, 0) is 65.4 Å². The molecule has 0 radical (unpaired) electrons. The van der Waals surface area contributed by atoms with Crippen LogP contribution in [0.25, 0.3) is 0 Å². The first-order chi connectivity index (χ1) is 40.9. The van der Waals surface area contributed by atoms with Gasteiger partial charge in [0.25, 0.3) is 0 Å². The van der Waals surface area contributed by atoms with Gasteiger partial charge >= 0.3 is 39.5 Å². The van der Waals surface area contributed by atoms with Gasteiger partial charge in [0.05, 0.1) is 26.4 Å². The first-order valence-electron chi connectivity index (χ1n) is 33.8. The summed E-state index contributed by atoms with van der Waals surface area (Å²) in [5.74, 6) is -0.695. The van der Waals surface area contributed by atoms with Crippen LogP contribution >= 0.6 is 15.6 Å². The van der Waals surface area contributed by atoms with Gasteiger partial charge < -0.3 is 33.8 Å². The van der Waals surface area contributed by atoms with E-state index in [2.05, 4.69) is 65.8 Å². The fourth-order valence-corrected chi connectivity index (χ4v) is 10.9. The number of aliphatic hydroxyl groups is 1. The van der Waals surface area contributed by atoms with E-state index < -0.39 is 97.5 Å². The van der Waals surface area contributed by atoms with Crippen LogP contribution in [0.15, 0.2) is 24.3 Å². The highest BCUT2D eigenvalue weighted by atomic mass is 31.2. The maximum absolute atomic E-state index is 13.0. The van der Waals surface area contributed by atoms with Gasteiger partial charge in [-0.15, -0.1) is 0 Å². The number of hydrogen-bond acceptors (Lipinski definition) is 15. The molecule has 6 atom stereocenters. The lowest BCUT2D eigenvalue weighted by molar-refractivity contribution is -0.161. The number of ether oxygens (including phenoxy) is 4. The molecule has 0 spiro atoms. The zero-order chi connectivity index (χ0) is 62.9. The average molecular weight is 1250 g/mol. The highest BCUT2D eigenvalue weighted by Crippen LogP contribution is 2.45. The smallest absolute Gasteiger partial charge is 0.462 e. The van der Waals surface area contributed by atoms with Gasteiger partial charge in [-0.1, -0.05) is 252 Å². The number of phosphoric ester groups is 2. The van der Waals surface area contributed by atoms with Crippen LogP contribution in [0.2, 0.25) is 0 Å². The third kappa shape index (κ3) is 59.0. The van der Waals surface area contributed by atoms with Crippen molar-refractivity contribution in [3.63, 3.8) is 0 Å². The Morgan fingerprint density at radius 2 is 0.694 bits per heavy atom. The monoisotopic (exact) mass is 1250 g/mol. The molecule has 0 aromatic heterocycles. The predicted molar refractivity (Wildman–Crippen MR) is 340 cm³/mol. The van der Waals surface area contributed by atoms with Gasteiger partial charge in [0.2, 0.25) is 0 Å². The van der Waals surface area contributed by atoms with E-state index in [9.17, 15) is 43.2 Å². The molecule has 0 bridgehead atoms. The molecule has 3 unspecified atom stereocenters. The standard InChI is InChI=1S/C66H124O17P2/c1-7-10-12-14-16-17-18-19-20-21-22-27-31-38-44-50-65(70)82-61(55-77-64(69)49-43-37-30-26-24-23-25-29-35-41-47-59(6)9-3)56-80-84(72,73)78-52-60(67)53-79-85(74,75)81-57-62(54-76-63(68)48-42-36-28-15-13-11-8-2)83-66(71)51-45-39-33-32-34-40-46-58(4)5/h17-20,58-62,67H,7-16,21-57H2,1-6H3,(H,72,73)(H,74,75)/b18-17-,20-19-/t59?,60-,61-,62-/m1/s1. The molecule has 19 heteroatoms. The van der Waals surface area contributed by atoms with Gasteiger partial charge in [-0.3, -0.25) is 37.3 Å². The van der Waals surface area contributed by atoms with Crippen molar-refractivity contribution < 1.29 is 80.2 Å². The molecule has 0 fully saturated rings. The Labute approximate surface area is 516 Å². The van der Waals surface area contributed by atoms with Gasteiger partial charge in [0.15, 0.2) is 12.2 Å². The van der Waals surface area contributed by atoms with Gasteiger partial charge in [-0.25, -0.2) is 9.13 Å². The van der Waals surface area contributed by atoms with E-state index in [1.54, 1.807) is 0 Å². The molecule has 85 heavy (non-hydrogen) atoms. The van der Waals surface area contributed by atoms with Gasteiger partial charge in [-0.05, 0) is 63.2 Å². The van der Waals surface area contributed by atoms with Crippen molar-refractivity contribution in [2.45, 2.75) is 323 Å². The van der Waals surface area contributed by atoms with E-state index in [0.29, 0.717) is 31.6 Å². The Morgan fingerprint density at radius 3 is 1.06 bits per heavy atom. The summed E-state index contributed by atoms with van der Waals surface area (Å²) >= 11 is 0. The quantitative estimate of drug-likeness (QED) is 0.0169. The molecule has 0 aromatic carbocycles. The highest BCUT2D eigenvalue weighted by molar-refractivity contribution is 7.47. The number of rotatable bonds is 63. The number of carbonyl (C=O) groups excluding carboxylic acids is 4. The fraction of sp³-hybridized carbons (Fsp3) is 0.879. The fourth-order valence-electron chi connectivity index (χ4n) is 9.31. The first-order valence-corrected chi connectivity index (χ1v) is 36.8. The Hall–Kier alpha value is -2.46. The van der Waals surface area contributed by atoms with E-state index >= 15 is 0 Å². The molecule has 0 amide bonds. The normalized spacial score (nSPS) is 14.8. The minimum Gasteiger partial charge on any atom is -0.462 e. The van der Waals surface area contributed by atoms with Crippen LogP contribution in [0.3, 0.4) is 0 Å². The second-order valence-corrected chi connectivity index (χ2v) is 26.8. The maximum atomic E-state index is 13.0. The number of hydrogen-bond donors (Lipinski definition) is 3. The van der Waals surface area contributed by atoms with Gasteiger partial charge in [0, 0.05) is 25.7 Å². The van der Waals surface area contributed by atoms with E-state index in [-0.39, 0.29) is 25.7 Å². The lowest BCUT2D eigenvalue weighted by Crippen LogP contribution is -2.30. The topological polar surface area (TPSA) is 237 Å². The Morgan fingerprint density at radius 1 is 0.388 bits per heavy atom. The summed E-state index contributed by atoms with van der Waals surface area (Å²) in [7, 11) is -9.90. The first kappa shape index (κ1) is 82.5. The predicted octanol–water partition coefficient (Wildman–Crippen LogP) is 18.0. The summed E-state index contributed by atoms with van der Waals surface area (Å²) in [6, 6.07) is 0. The van der Waals surface area contributed by atoms with Crippen LogP contribution in [0.5, 0.6) is 0 Å². The van der Waals surface area contributed by atoms with Crippen LogP contribution in [0.4, 0.5) is 0 Å². The number of carbonyl (C=O) groups is 4. The van der Waals surface area contributed by atoms with Crippen molar-refractivity contribution in [1.82, 2.24) is 0 Å². The van der Waals surface area contributed by atoms with E-state index in [0.717, 1.165) is 121 Å². The van der Waals surface area contributed by atoms with E-state index in [1.807, 2.05) is 0 Å². The molecule has 0 saturated heterocycles. The van der Waals surface area contributed by atoms with Crippen molar-refractivity contribution in [1.29, 1.82) is 0 Å². The molecular weight excluding hydrogens is 1130 g/mol. The van der Waals surface area contributed by atoms with Crippen molar-refractivity contribution >= 4 is 39.5 Å². The molecule has 0 heterocycles. The van der Waals surface area contributed by atoms with E-state index in [4.69, 9.17) is 37.0 Å². The van der Waals surface area contributed by atoms with Crippen molar-refractivity contribution in [3.8, 4) is 0 Å². The lowest BCUT2D eigenvalue weighted by atomic mass is 9.99. The number of aliphatic hydroxyl groups excluding tert-OH is 1. The summed E-state index contributed by atoms with van der Waals surface area (Å²) in [5, 5.41) is 10.5. The minimum atomic E-state index is -4.96. The van der Waals surface area contributed by atoms with Crippen molar-refractivity contribution in [2.75, 3.05) is 39.6 Å². The minimum absolute atomic E-state index is 0.0844. The van der Waals surface area contributed by atoms with Gasteiger partial charge in [-0.2, -0.15) is 0 Å². The molecule has 0 aliphatic heterocycles. The second-order valence-electron chi connectivity index (χ2n) is 23.9. The molecule has 3 N–H and O–H groups in total. The summed E-state index contributed by atoms with van der Waals surface area (Å²) in [5.41, 5.74) is 0. The van der Waals surface area contributed by atoms with E-state index in [1.165, 1.54) is 96.3 Å². The van der Waals surface area contributed by atoms with Crippen LogP contribution in [-0.4, -0.2) is 96.7 Å². The number of unbranched alkanes of at least 4 members (excludes halogenated alkanes) is 29. The maximum Gasteiger partial charge on any atom is 0.472 e. The molecule has 0 aliphatic carbocycles. The van der Waals surface area contributed by atoms with Crippen LogP contribution < -0.4 is 0 Å². The third-order valence-corrected chi connectivity index (χ3v) is 16.8. The Balaban J connectivity index is 5.25. The SMILES string of the molecule is CCCCCC/C=C\C=C/CCCCCCCC(=O)O[C@H](COC(=O)CCCCCCCCCCCCC(C)CC)COP(=O)(O)OC[C@@H](O)COP(=O)(O)OC[C@@H](COC(=O)CCCCCCCCC)OC(=O)CCCCCCCCC(C)C. The molecule has 500 valence electrons. The molecule has 0 rings (SSSR count). The van der Waals surface area contributed by atoms with Crippen LogP contribution in [0, 0.1) is 11.8 Å². The molecular formula is C66H124O17P2. The number of phosphoric acid groups is 2. The largest absolute Gasteiger partial charge is 0.472 e. The molecule has 17 nitrogen and oxygen atoms in total. The number of allylic oxidation sites excluding steroid dienone is 4. The zero-order valence-electron chi connectivity index (χ0n) is 54.4. The highest BCUT2D eigenvalue weighted by Gasteiger charge is 2.30. The van der Waals surface area contributed by atoms with Crippen molar-refractivity contribution in [3.05, 3.63) is 24.3 Å². The summed E-state index contributed by atoms with van der Waals surface area (Å²) in [6.45, 7) is 9.33. The van der Waals surface area contributed by atoms with Gasteiger partial charge in [0.1, 0.15) is 19.3 Å². The van der Waals surface area contributed by atoms with Crippen molar-refractivity contribution in [2.24, 2.45) is 11.8 Å². The zero-order valence-corrected chi connectivity index (χ0v) is 56.2. The summed E-state index contributed by atoms with van der Waals surface area (Å²) in [4.78, 5) is 72.1.